The summed E-state index contributed by atoms with van der Waals surface area (Å²) in [6.45, 7) is 5.71. The van der Waals surface area contributed by atoms with Gasteiger partial charge in [0.1, 0.15) is 6.04 Å². The fraction of sp³-hybridized carbons (Fsp3) is 0.600. The SMILES string of the molecule is O=C1NCCN(C(=O)NCCN2CCOCC2)[C@@H]1c1cccs1. The zero-order valence-electron chi connectivity index (χ0n) is 13.0. The number of carbonyl (C=O) groups is 2. The maximum atomic E-state index is 12.5. The molecule has 0 bridgehead atoms. The highest BCUT2D eigenvalue weighted by Gasteiger charge is 2.34. The van der Waals surface area contributed by atoms with E-state index in [0.717, 1.165) is 37.7 Å². The van der Waals surface area contributed by atoms with Crippen LogP contribution in [0.5, 0.6) is 0 Å². The van der Waals surface area contributed by atoms with Gasteiger partial charge in [-0.25, -0.2) is 4.79 Å². The molecule has 0 aliphatic carbocycles. The van der Waals surface area contributed by atoms with Crippen molar-refractivity contribution in [3.8, 4) is 0 Å². The van der Waals surface area contributed by atoms with Gasteiger partial charge in [-0.1, -0.05) is 6.07 Å². The van der Waals surface area contributed by atoms with Gasteiger partial charge in [0.05, 0.1) is 13.2 Å². The van der Waals surface area contributed by atoms with E-state index >= 15 is 0 Å². The van der Waals surface area contributed by atoms with Crippen LogP contribution in [-0.2, 0) is 9.53 Å². The number of rotatable bonds is 4. The second kappa shape index (κ2) is 7.76. The van der Waals surface area contributed by atoms with Crippen LogP contribution in [0.4, 0.5) is 4.79 Å². The van der Waals surface area contributed by atoms with E-state index in [4.69, 9.17) is 4.74 Å². The Bertz CT molecular complexity index is 531. The largest absolute Gasteiger partial charge is 0.379 e. The Morgan fingerprint density at radius 3 is 2.96 bits per heavy atom. The van der Waals surface area contributed by atoms with Crippen molar-refractivity contribution >= 4 is 23.3 Å². The summed E-state index contributed by atoms with van der Waals surface area (Å²) in [5, 5.41) is 7.70. The van der Waals surface area contributed by atoms with Crippen LogP contribution in [-0.4, -0.2) is 74.2 Å². The Labute approximate surface area is 139 Å². The number of amides is 3. The predicted molar refractivity (Wildman–Crippen MR) is 87.4 cm³/mol. The van der Waals surface area contributed by atoms with Gasteiger partial charge in [-0.05, 0) is 11.4 Å². The molecule has 8 heteroatoms. The molecule has 1 aromatic rings. The average molecular weight is 338 g/mol. The van der Waals surface area contributed by atoms with E-state index in [-0.39, 0.29) is 11.9 Å². The molecule has 2 saturated heterocycles. The molecule has 0 unspecified atom stereocenters. The molecule has 3 heterocycles. The van der Waals surface area contributed by atoms with Crippen LogP contribution in [0.15, 0.2) is 17.5 Å². The monoisotopic (exact) mass is 338 g/mol. The Hall–Kier alpha value is -1.64. The molecule has 23 heavy (non-hydrogen) atoms. The Morgan fingerprint density at radius 1 is 1.39 bits per heavy atom. The average Bonchev–Trinajstić information content (AvgIpc) is 3.09. The summed E-state index contributed by atoms with van der Waals surface area (Å²) >= 11 is 1.50. The molecule has 0 radical (unpaired) electrons. The molecule has 126 valence electrons. The highest BCUT2D eigenvalue weighted by Crippen LogP contribution is 2.27. The number of carbonyl (C=O) groups excluding carboxylic acids is 2. The third kappa shape index (κ3) is 4.01. The number of thiophene rings is 1. The van der Waals surface area contributed by atoms with Gasteiger partial charge in [0.25, 0.3) is 0 Å². The molecule has 0 aromatic carbocycles. The number of urea groups is 1. The summed E-state index contributed by atoms with van der Waals surface area (Å²) in [6, 6.07) is 3.10. The van der Waals surface area contributed by atoms with E-state index in [1.165, 1.54) is 11.3 Å². The second-order valence-electron chi connectivity index (χ2n) is 5.59. The highest BCUT2D eigenvalue weighted by atomic mass is 32.1. The van der Waals surface area contributed by atoms with E-state index in [1.54, 1.807) is 4.90 Å². The number of piperazine rings is 1. The molecule has 1 aromatic heterocycles. The molecule has 3 amide bonds. The lowest BCUT2D eigenvalue weighted by Gasteiger charge is -2.34. The van der Waals surface area contributed by atoms with Crippen LogP contribution >= 0.6 is 11.3 Å². The van der Waals surface area contributed by atoms with Crippen LogP contribution in [0.2, 0.25) is 0 Å². The minimum atomic E-state index is -0.521. The van der Waals surface area contributed by atoms with Crippen molar-refractivity contribution in [2.45, 2.75) is 6.04 Å². The first kappa shape index (κ1) is 16.2. The fourth-order valence-electron chi connectivity index (χ4n) is 2.86. The Kier molecular flexibility index (Phi) is 5.47. The summed E-state index contributed by atoms with van der Waals surface area (Å²) in [5.41, 5.74) is 0. The standard InChI is InChI=1S/C15H22N4O3S/c20-14-13(12-2-1-11-23-12)19(6-4-16-14)15(21)17-3-5-18-7-9-22-10-8-18/h1-2,11,13H,3-10H2,(H,16,20)(H,17,21)/t13-/m1/s1. The molecule has 7 nitrogen and oxygen atoms in total. The fourth-order valence-corrected chi connectivity index (χ4v) is 3.70. The van der Waals surface area contributed by atoms with Crippen molar-refractivity contribution in [3.63, 3.8) is 0 Å². The van der Waals surface area contributed by atoms with Gasteiger partial charge < -0.3 is 20.3 Å². The molecular weight excluding hydrogens is 316 g/mol. The quantitative estimate of drug-likeness (QED) is 0.826. The van der Waals surface area contributed by atoms with E-state index in [2.05, 4.69) is 15.5 Å². The zero-order valence-corrected chi connectivity index (χ0v) is 13.8. The molecule has 2 N–H and O–H groups in total. The first-order valence-electron chi connectivity index (χ1n) is 7.91. The molecule has 1 atom stereocenters. The van der Waals surface area contributed by atoms with E-state index in [1.807, 2.05) is 17.5 Å². The van der Waals surface area contributed by atoms with Crippen molar-refractivity contribution in [1.82, 2.24) is 20.4 Å². The minimum absolute atomic E-state index is 0.109. The highest BCUT2D eigenvalue weighted by molar-refractivity contribution is 7.10. The lowest BCUT2D eigenvalue weighted by Crippen LogP contribution is -2.55. The third-order valence-electron chi connectivity index (χ3n) is 4.09. The van der Waals surface area contributed by atoms with E-state index in [9.17, 15) is 9.59 Å². The van der Waals surface area contributed by atoms with E-state index in [0.29, 0.717) is 19.6 Å². The number of ether oxygens (including phenoxy) is 1. The third-order valence-corrected chi connectivity index (χ3v) is 5.02. The topological polar surface area (TPSA) is 73.9 Å². The van der Waals surface area contributed by atoms with Crippen LogP contribution in [0, 0.1) is 0 Å². The zero-order chi connectivity index (χ0) is 16.1. The Morgan fingerprint density at radius 2 is 2.22 bits per heavy atom. The number of nitrogens with zero attached hydrogens (tertiary/aromatic N) is 2. The normalized spacial score (nSPS) is 22.7. The summed E-state index contributed by atoms with van der Waals surface area (Å²) in [4.78, 5) is 29.5. The van der Waals surface area contributed by atoms with Gasteiger partial charge >= 0.3 is 6.03 Å². The second-order valence-corrected chi connectivity index (χ2v) is 6.57. The van der Waals surface area contributed by atoms with Crippen LogP contribution in [0.3, 0.4) is 0 Å². The van der Waals surface area contributed by atoms with E-state index < -0.39 is 6.04 Å². The lowest BCUT2D eigenvalue weighted by molar-refractivity contribution is -0.127. The maximum absolute atomic E-state index is 12.5. The maximum Gasteiger partial charge on any atom is 0.318 e. The molecule has 2 aliphatic rings. The molecule has 2 fully saturated rings. The number of hydrogen-bond donors (Lipinski definition) is 2. The molecule has 0 saturated carbocycles. The van der Waals surface area contributed by atoms with Crippen molar-refractivity contribution < 1.29 is 14.3 Å². The van der Waals surface area contributed by atoms with Gasteiger partial charge in [0, 0.05) is 44.1 Å². The van der Waals surface area contributed by atoms with Gasteiger partial charge in [0.2, 0.25) is 5.91 Å². The van der Waals surface area contributed by atoms with Crippen LogP contribution in [0.1, 0.15) is 10.9 Å². The Balaban J connectivity index is 1.55. The van der Waals surface area contributed by atoms with Gasteiger partial charge in [-0.15, -0.1) is 11.3 Å². The summed E-state index contributed by atoms with van der Waals surface area (Å²) in [6.07, 6.45) is 0. The minimum Gasteiger partial charge on any atom is -0.379 e. The predicted octanol–water partition coefficient (Wildman–Crippen LogP) is 0.263. The van der Waals surface area contributed by atoms with Crippen molar-refractivity contribution in [3.05, 3.63) is 22.4 Å². The number of nitrogens with one attached hydrogen (secondary N) is 2. The molecule has 2 aliphatic heterocycles. The number of morpholine rings is 1. The molecule has 3 rings (SSSR count). The first-order chi connectivity index (χ1) is 11.3. The number of hydrogen-bond acceptors (Lipinski definition) is 5. The summed E-state index contributed by atoms with van der Waals surface area (Å²) in [7, 11) is 0. The van der Waals surface area contributed by atoms with Crippen LogP contribution in [0.25, 0.3) is 0 Å². The van der Waals surface area contributed by atoms with Gasteiger partial charge in [-0.3, -0.25) is 9.69 Å². The van der Waals surface area contributed by atoms with Crippen molar-refractivity contribution in [2.24, 2.45) is 0 Å². The lowest BCUT2D eigenvalue weighted by atomic mass is 10.1. The first-order valence-corrected chi connectivity index (χ1v) is 8.79. The summed E-state index contributed by atoms with van der Waals surface area (Å²) in [5.74, 6) is -0.109. The van der Waals surface area contributed by atoms with Gasteiger partial charge in [0.15, 0.2) is 0 Å². The van der Waals surface area contributed by atoms with Crippen molar-refractivity contribution in [2.75, 3.05) is 52.5 Å². The summed E-state index contributed by atoms with van der Waals surface area (Å²) < 4.78 is 5.31. The smallest absolute Gasteiger partial charge is 0.318 e. The van der Waals surface area contributed by atoms with Crippen LogP contribution < -0.4 is 10.6 Å². The molecular formula is C15H22N4O3S. The molecule has 0 spiro atoms. The van der Waals surface area contributed by atoms with Gasteiger partial charge in [-0.2, -0.15) is 0 Å². The van der Waals surface area contributed by atoms with Crippen molar-refractivity contribution in [1.29, 1.82) is 0 Å².